The van der Waals surface area contributed by atoms with Crippen molar-refractivity contribution in [3.63, 3.8) is 0 Å². The van der Waals surface area contributed by atoms with Crippen LogP contribution in [0.5, 0.6) is 5.75 Å². The topological polar surface area (TPSA) is 66.8 Å². The van der Waals surface area contributed by atoms with E-state index in [1.807, 2.05) is 0 Å². The van der Waals surface area contributed by atoms with Gasteiger partial charge in [0.25, 0.3) is 5.91 Å². The summed E-state index contributed by atoms with van der Waals surface area (Å²) in [5.74, 6) is -1.29. The van der Waals surface area contributed by atoms with Crippen LogP contribution in [0.2, 0.25) is 10.0 Å². The molecule has 1 heterocycles. The van der Waals surface area contributed by atoms with Gasteiger partial charge in [-0.3, -0.25) is 9.59 Å². The Morgan fingerprint density at radius 3 is 2.86 bits per heavy atom. The van der Waals surface area contributed by atoms with Crippen LogP contribution >= 0.6 is 23.2 Å². The highest BCUT2D eigenvalue weighted by atomic mass is 35.5. The lowest BCUT2D eigenvalue weighted by Crippen LogP contribution is -2.44. The van der Waals surface area contributed by atoms with E-state index in [4.69, 9.17) is 33.0 Å². The number of hydrogen-bond donors (Lipinski definition) is 1. The summed E-state index contributed by atoms with van der Waals surface area (Å²) in [6.45, 7) is 0.586. The highest BCUT2D eigenvalue weighted by Crippen LogP contribution is 2.27. The van der Waals surface area contributed by atoms with Crippen LogP contribution in [-0.2, 0) is 9.59 Å². The standard InChI is InChI=1S/C14H15Cl2NO4/c15-10-3-4-11(16)12(6-10)21-8-13(18)17-5-1-2-9(7-17)14(19)20/h3-4,6,9H,1-2,5,7-8H2,(H,19,20)/t9-/m1/s1. The van der Waals surface area contributed by atoms with Crippen LogP contribution in [-0.4, -0.2) is 41.6 Å². The number of ether oxygens (including phenoxy) is 1. The van der Waals surface area contributed by atoms with Gasteiger partial charge in [0.1, 0.15) is 5.75 Å². The first-order chi connectivity index (χ1) is 9.97. The van der Waals surface area contributed by atoms with E-state index >= 15 is 0 Å². The van der Waals surface area contributed by atoms with Crippen LogP contribution in [0.25, 0.3) is 0 Å². The summed E-state index contributed by atoms with van der Waals surface area (Å²) < 4.78 is 5.37. The van der Waals surface area contributed by atoms with Crippen LogP contribution in [0.4, 0.5) is 0 Å². The summed E-state index contributed by atoms with van der Waals surface area (Å²) in [6.07, 6.45) is 1.28. The van der Waals surface area contributed by atoms with Crippen molar-refractivity contribution in [3.8, 4) is 5.75 Å². The fraction of sp³-hybridized carbons (Fsp3) is 0.429. The van der Waals surface area contributed by atoms with Crippen molar-refractivity contribution in [2.75, 3.05) is 19.7 Å². The third-order valence-corrected chi connectivity index (χ3v) is 3.92. The molecular formula is C14H15Cl2NO4. The van der Waals surface area contributed by atoms with E-state index in [1.54, 1.807) is 12.1 Å². The zero-order valence-corrected chi connectivity index (χ0v) is 12.7. The first-order valence-electron chi connectivity index (χ1n) is 6.56. The molecule has 1 N–H and O–H groups in total. The lowest BCUT2D eigenvalue weighted by atomic mass is 9.98. The Morgan fingerprint density at radius 1 is 1.38 bits per heavy atom. The number of piperidine rings is 1. The second-order valence-corrected chi connectivity index (χ2v) is 5.72. The Hall–Kier alpha value is -1.46. The minimum atomic E-state index is -0.869. The highest BCUT2D eigenvalue weighted by molar-refractivity contribution is 6.34. The van der Waals surface area contributed by atoms with Gasteiger partial charge >= 0.3 is 5.97 Å². The average Bonchev–Trinajstić information content (AvgIpc) is 2.48. The van der Waals surface area contributed by atoms with Gasteiger partial charge in [-0.2, -0.15) is 0 Å². The zero-order chi connectivity index (χ0) is 15.4. The molecule has 7 heteroatoms. The molecule has 0 spiro atoms. The van der Waals surface area contributed by atoms with Gasteiger partial charge < -0.3 is 14.7 Å². The SMILES string of the molecule is O=C(O)[C@@H]1CCCN(C(=O)COc2cc(Cl)ccc2Cl)C1. The van der Waals surface area contributed by atoms with Gasteiger partial charge in [-0.25, -0.2) is 0 Å². The van der Waals surface area contributed by atoms with Crippen molar-refractivity contribution in [1.82, 2.24) is 4.90 Å². The van der Waals surface area contributed by atoms with Crippen molar-refractivity contribution in [2.24, 2.45) is 5.92 Å². The van der Waals surface area contributed by atoms with Crippen molar-refractivity contribution in [2.45, 2.75) is 12.8 Å². The molecule has 1 atom stereocenters. The van der Waals surface area contributed by atoms with Gasteiger partial charge in [0.05, 0.1) is 10.9 Å². The third-order valence-electron chi connectivity index (χ3n) is 3.37. The van der Waals surface area contributed by atoms with E-state index in [-0.39, 0.29) is 19.1 Å². The minimum absolute atomic E-state index is 0.188. The number of carbonyl (C=O) groups excluding carboxylic acids is 1. The number of carboxylic acid groups (broad SMARTS) is 1. The quantitative estimate of drug-likeness (QED) is 0.921. The van der Waals surface area contributed by atoms with Crippen molar-refractivity contribution in [3.05, 3.63) is 28.2 Å². The number of carboxylic acids is 1. The molecule has 0 aromatic heterocycles. The Bertz CT molecular complexity index is 550. The van der Waals surface area contributed by atoms with Crippen LogP contribution in [0.1, 0.15) is 12.8 Å². The highest BCUT2D eigenvalue weighted by Gasteiger charge is 2.28. The van der Waals surface area contributed by atoms with Crippen molar-refractivity contribution >= 4 is 35.1 Å². The Labute approximate surface area is 132 Å². The number of hydrogen-bond acceptors (Lipinski definition) is 3. The maximum atomic E-state index is 12.1. The predicted octanol–water partition coefficient (Wildman–Crippen LogP) is 2.70. The van der Waals surface area contributed by atoms with E-state index in [2.05, 4.69) is 0 Å². The smallest absolute Gasteiger partial charge is 0.308 e. The Balaban J connectivity index is 1.92. The van der Waals surface area contributed by atoms with Crippen molar-refractivity contribution in [1.29, 1.82) is 0 Å². The molecule has 21 heavy (non-hydrogen) atoms. The van der Waals surface area contributed by atoms with E-state index < -0.39 is 11.9 Å². The Morgan fingerprint density at radius 2 is 2.14 bits per heavy atom. The third kappa shape index (κ3) is 4.25. The number of halogens is 2. The van der Waals surface area contributed by atoms with Crippen LogP contribution in [0, 0.1) is 5.92 Å². The number of aliphatic carboxylic acids is 1. The molecule has 114 valence electrons. The molecule has 1 saturated heterocycles. The lowest BCUT2D eigenvalue weighted by Gasteiger charge is -2.30. The largest absolute Gasteiger partial charge is 0.482 e. The summed E-state index contributed by atoms with van der Waals surface area (Å²) in [6, 6.07) is 4.75. The van der Waals surface area contributed by atoms with Gasteiger partial charge in [0.15, 0.2) is 6.61 Å². The number of rotatable bonds is 4. The molecule has 0 aliphatic carbocycles. The first-order valence-corrected chi connectivity index (χ1v) is 7.31. The van der Waals surface area contributed by atoms with Gasteiger partial charge in [-0.15, -0.1) is 0 Å². The summed E-state index contributed by atoms with van der Waals surface area (Å²) >= 11 is 11.8. The summed E-state index contributed by atoms with van der Waals surface area (Å²) in [5, 5.41) is 9.84. The molecular weight excluding hydrogens is 317 g/mol. The van der Waals surface area contributed by atoms with Gasteiger partial charge in [-0.1, -0.05) is 23.2 Å². The second-order valence-electron chi connectivity index (χ2n) is 4.88. The summed E-state index contributed by atoms with van der Waals surface area (Å²) in [7, 11) is 0. The molecule has 1 fully saturated rings. The monoisotopic (exact) mass is 331 g/mol. The lowest BCUT2D eigenvalue weighted by molar-refractivity contribution is -0.146. The number of likely N-dealkylation sites (tertiary alicyclic amines) is 1. The molecule has 2 rings (SSSR count). The van der Waals surface area contributed by atoms with Crippen LogP contribution in [0.3, 0.4) is 0 Å². The first kappa shape index (κ1) is 15.9. The summed E-state index contributed by atoms with van der Waals surface area (Å²) in [4.78, 5) is 24.6. The van der Waals surface area contributed by atoms with E-state index in [9.17, 15) is 9.59 Å². The Kier molecular flexibility index (Phi) is 5.31. The molecule has 1 aliphatic rings. The van der Waals surface area contributed by atoms with Gasteiger partial charge in [-0.05, 0) is 25.0 Å². The minimum Gasteiger partial charge on any atom is -0.482 e. The zero-order valence-electron chi connectivity index (χ0n) is 11.2. The average molecular weight is 332 g/mol. The van der Waals surface area contributed by atoms with E-state index in [0.717, 1.165) is 0 Å². The fourth-order valence-corrected chi connectivity index (χ4v) is 2.56. The molecule has 0 bridgehead atoms. The number of carbonyl (C=O) groups is 2. The van der Waals surface area contributed by atoms with Crippen LogP contribution < -0.4 is 4.74 Å². The molecule has 1 amide bonds. The molecule has 5 nitrogen and oxygen atoms in total. The fourth-order valence-electron chi connectivity index (χ4n) is 2.22. The van der Waals surface area contributed by atoms with Gasteiger partial charge in [0.2, 0.25) is 0 Å². The maximum absolute atomic E-state index is 12.1. The number of amides is 1. The maximum Gasteiger partial charge on any atom is 0.308 e. The summed E-state index contributed by atoms with van der Waals surface area (Å²) in [5.41, 5.74) is 0. The molecule has 1 aromatic rings. The van der Waals surface area contributed by atoms with Gasteiger partial charge in [0, 0.05) is 24.2 Å². The normalized spacial score (nSPS) is 18.4. The van der Waals surface area contributed by atoms with Crippen LogP contribution in [0.15, 0.2) is 18.2 Å². The molecule has 0 radical (unpaired) electrons. The van der Waals surface area contributed by atoms with E-state index in [1.165, 1.54) is 11.0 Å². The molecule has 0 saturated carbocycles. The molecule has 1 aliphatic heterocycles. The predicted molar refractivity (Wildman–Crippen MR) is 78.9 cm³/mol. The molecule has 0 unspecified atom stereocenters. The van der Waals surface area contributed by atoms with E-state index in [0.29, 0.717) is 35.2 Å². The number of benzene rings is 1. The second kappa shape index (κ2) is 7.00. The van der Waals surface area contributed by atoms with Crippen molar-refractivity contribution < 1.29 is 19.4 Å². The number of nitrogens with zero attached hydrogens (tertiary/aromatic N) is 1. The molecule has 1 aromatic carbocycles.